The summed E-state index contributed by atoms with van der Waals surface area (Å²) >= 11 is 0. The molecule has 0 spiro atoms. The molecular weight excluding hydrogens is 310 g/mol. The Morgan fingerprint density at radius 1 is 1.22 bits per heavy atom. The molecule has 124 valence electrons. The van der Waals surface area contributed by atoms with E-state index < -0.39 is 10.0 Å². The molecule has 0 bridgehead atoms. The van der Waals surface area contributed by atoms with E-state index in [0.717, 1.165) is 30.0 Å². The van der Waals surface area contributed by atoms with Gasteiger partial charge in [0.25, 0.3) is 0 Å². The summed E-state index contributed by atoms with van der Waals surface area (Å²) in [6.07, 6.45) is 2.93. The maximum atomic E-state index is 12.5. The lowest BCUT2D eigenvalue weighted by atomic mass is 10.0. The first-order chi connectivity index (χ1) is 11.0. The van der Waals surface area contributed by atoms with E-state index in [2.05, 4.69) is 23.4 Å². The highest BCUT2D eigenvalue weighted by molar-refractivity contribution is 7.88. The molecule has 5 nitrogen and oxygen atoms in total. The van der Waals surface area contributed by atoms with Crippen molar-refractivity contribution in [3.8, 4) is 0 Å². The molecular formula is C17H23N3O2S. The minimum absolute atomic E-state index is 0.0724. The summed E-state index contributed by atoms with van der Waals surface area (Å²) in [4.78, 5) is 4.50. The summed E-state index contributed by atoms with van der Waals surface area (Å²) in [6.45, 7) is 6.20. The molecule has 1 aromatic carbocycles. The molecule has 3 rings (SSSR count). The van der Waals surface area contributed by atoms with Crippen molar-refractivity contribution >= 4 is 10.0 Å². The fourth-order valence-corrected chi connectivity index (χ4v) is 4.64. The molecule has 0 atom stereocenters. The standard InChI is InChI=1S/C17H23N3O2S/c1-3-9-20-14(2)10-18-17(20)16-11-19(12-16)23(21,22)13-15-7-5-4-6-8-15/h4-8,10,16H,3,9,11-13H2,1-2H3. The first kappa shape index (κ1) is 16.2. The highest BCUT2D eigenvalue weighted by Gasteiger charge is 2.38. The number of benzene rings is 1. The van der Waals surface area contributed by atoms with Gasteiger partial charge in [0.15, 0.2) is 0 Å². The Balaban J connectivity index is 1.67. The Hall–Kier alpha value is -1.66. The maximum Gasteiger partial charge on any atom is 0.218 e. The fraction of sp³-hybridized carbons (Fsp3) is 0.471. The third kappa shape index (κ3) is 3.33. The normalized spacial score (nSPS) is 16.4. The molecule has 0 amide bonds. The summed E-state index contributed by atoms with van der Waals surface area (Å²) in [6, 6.07) is 9.34. The first-order valence-corrected chi connectivity index (χ1v) is 9.66. The van der Waals surface area contributed by atoms with E-state index in [4.69, 9.17) is 0 Å². The summed E-state index contributed by atoms with van der Waals surface area (Å²) in [7, 11) is -3.24. The second kappa shape index (κ2) is 6.45. The van der Waals surface area contributed by atoms with Crippen molar-refractivity contribution in [2.45, 2.75) is 38.5 Å². The van der Waals surface area contributed by atoms with Crippen LogP contribution in [-0.2, 0) is 22.3 Å². The van der Waals surface area contributed by atoms with Crippen molar-refractivity contribution in [2.75, 3.05) is 13.1 Å². The minimum Gasteiger partial charge on any atom is -0.332 e. The molecule has 23 heavy (non-hydrogen) atoms. The SMILES string of the molecule is CCCn1c(C)cnc1C1CN(S(=O)(=O)Cc2ccccc2)C1. The Labute approximate surface area is 138 Å². The van der Waals surface area contributed by atoms with Gasteiger partial charge < -0.3 is 4.57 Å². The van der Waals surface area contributed by atoms with Crippen molar-refractivity contribution in [3.63, 3.8) is 0 Å². The number of hydrogen-bond donors (Lipinski definition) is 0. The van der Waals surface area contributed by atoms with E-state index in [1.807, 2.05) is 36.5 Å². The van der Waals surface area contributed by atoms with Gasteiger partial charge >= 0.3 is 0 Å². The van der Waals surface area contributed by atoms with E-state index in [-0.39, 0.29) is 11.7 Å². The van der Waals surface area contributed by atoms with Gasteiger partial charge in [-0.25, -0.2) is 17.7 Å². The van der Waals surface area contributed by atoms with Crippen LogP contribution < -0.4 is 0 Å². The second-order valence-corrected chi connectivity index (χ2v) is 8.13. The van der Waals surface area contributed by atoms with E-state index in [1.165, 1.54) is 0 Å². The Bertz CT molecular complexity index is 762. The van der Waals surface area contributed by atoms with Crippen LogP contribution in [0.4, 0.5) is 0 Å². The first-order valence-electron chi connectivity index (χ1n) is 8.05. The molecule has 1 aliphatic rings. The summed E-state index contributed by atoms with van der Waals surface area (Å²) in [5.74, 6) is 1.31. The van der Waals surface area contributed by atoms with Gasteiger partial charge in [-0.1, -0.05) is 37.3 Å². The Morgan fingerprint density at radius 2 is 1.91 bits per heavy atom. The number of hydrogen-bond acceptors (Lipinski definition) is 3. The number of imidazole rings is 1. The highest BCUT2D eigenvalue weighted by Crippen LogP contribution is 2.30. The van der Waals surface area contributed by atoms with Gasteiger partial charge in [-0.3, -0.25) is 0 Å². The van der Waals surface area contributed by atoms with Crippen molar-refractivity contribution in [1.82, 2.24) is 13.9 Å². The van der Waals surface area contributed by atoms with Crippen LogP contribution in [0.15, 0.2) is 36.5 Å². The van der Waals surface area contributed by atoms with Gasteiger partial charge in [0.05, 0.1) is 5.75 Å². The smallest absolute Gasteiger partial charge is 0.218 e. The number of aryl methyl sites for hydroxylation is 1. The van der Waals surface area contributed by atoms with E-state index >= 15 is 0 Å². The van der Waals surface area contributed by atoms with Crippen LogP contribution in [0.25, 0.3) is 0 Å². The average Bonchev–Trinajstić information content (AvgIpc) is 2.80. The van der Waals surface area contributed by atoms with Crippen molar-refractivity contribution < 1.29 is 8.42 Å². The van der Waals surface area contributed by atoms with Crippen LogP contribution in [0.3, 0.4) is 0 Å². The van der Waals surface area contributed by atoms with Gasteiger partial charge in [-0.15, -0.1) is 0 Å². The van der Waals surface area contributed by atoms with E-state index in [1.54, 1.807) is 4.31 Å². The minimum atomic E-state index is -3.24. The molecule has 0 N–H and O–H groups in total. The lowest BCUT2D eigenvalue weighted by Gasteiger charge is -2.38. The van der Waals surface area contributed by atoms with Crippen LogP contribution in [0.5, 0.6) is 0 Å². The third-order valence-electron chi connectivity index (χ3n) is 4.33. The lowest BCUT2D eigenvalue weighted by Crippen LogP contribution is -2.49. The van der Waals surface area contributed by atoms with E-state index in [0.29, 0.717) is 13.1 Å². The van der Waals surface area contributed by atoms with Crippen LogP contribution >= 0.6 is 0 Å². The molecule has 2 aromatic rings. The number of sulfonamides is 1. The zero-order valence-corrected chi connectivity index (χ0v) is 14.5. The molecule has 0 radical (unpaired) electrons. The van der Waals surface area contributed by atoms with Gasteiger partial charge in [-0.05, 0) is 18.9 Å². The van der Waals surface area contributed by atoms with Crippen molar-refractivity contribution in [3.05, 3.63) is 53.6 Å². The maximum absolute atomic E-state index is 12.5. The Kier molecular flexibility index (Phi) is 4.55. The predicted octanol–water partition coefficient (Wildman–Crippen LogP) is 2.53. The molecule has 1 aromatic heterocycles. The van der Waals surface area contributed by atoms with Crippen molar-refractivity contribution in [1.29, 1.82) is 0 Å². The number of aromatic nitrogens is 2. The molecule has 6 heteroatoms. The zero-order valence-electron chi connectivity index (χ0n) is 13.6. The molecule has 0 aliphatic carbocycles. The van der Waals surface area contributed by atoms with Crippen LogP contribution in [-0.4, -0.2) is 35.4 Å². The largest absolute Gasteiger partial charge is 0.332 e. The van der Waals surface area contributed by atoms with Gasteiger partial charge in [0.1, 0.15) is 5.82 Å². The zero-order chi connectivity index (χ0) is 16.4. The lowest BCUT2D eigenvalue weighted by molar-refractivity contribution is 0.250. The van der Waals surface area contributed by atoms with Crippen LogP contribution in [0.1, 0.15) is 36.3 Å². The average molecular weight is 333 g/mol. The quantitative estimate of drug-likeness (QED) is 0.816. The Morgan fingerprint density at radius 3 is 2.57 bits per heavy atom. The summed E-state index contributed by atoms with van der Waals surface area (Å²) in [5.41, 5.74) is 1.98. The van der Waals surface area contributed by atoms with Gasteiger partial charge in [-0.2, -0.15) is 0 Å². The number of rotatable bonds is 6. The summed E-state index contributed by atoms with van der Waals surface area (Å²) < 4.78 is 28.7. The van der Waals surface area contributed by atoms with Crippen LogP contribution in [0, 0.1) is 6.92 Å². The number of nitrogens with zero attached hydrogens (tertiary/aromatic N) is 3. The molecule has 1 fully saturated rings. The van der Waals surface area contributed by atoms with E-state index in [9.17, 15) is 8.42 Å². The molecule has 2 heterocycles. The molecule has 0 saturated carbocycles. The second-order valence-electron chi connectivity index (χ2n) is 6.17. The monoisotopic (exact) mass is 333 g/mol. The fourth-order valence-electron chi connectivity index (χ4n) is 3.02. The topological polar surface area (TPSA) is 55.2 Å². The molecule has 1 saturated heterocycles. The third-order valence-corrected chi connectivity index (χ3v) is 6.11. The van der Waals surface area contributed by atoms with Gasteiger partial charge in [0.2, 0.25) is 10.0 Å². The molecule has 1 aliphatic heterocycles. The van der Waals surface area contributed by atoms with Crippen LogP contribution in [0.2, 0.25) is 0 Å². The molecule has 0 unspecified atom stereocenters. The predicted molar refractivity (Wildman–Crippen MR) is 90.6 cm³/mol. The van der Waals surface area contributed by atoms with Crippen molar-refractivity contribution in [2.24, 2.45) is 0 Å². The highest BCUT2D eigenvalue weighted by atomic mass is 32.2. The van der Waals surface area contributed by atoms with Gasteiger partial charge in [0, 0.05) is 37.4 Å². The summed E-state index contributed by atoms with van der Waals surface area (Å²) in [5, 5.41) is 0.